The fourth-order valence-corrected chi connectivity index (χ4v) is 3.25. The summed E-state index contributed by atoms with van der Waals surface area (Å²) >= 11 is 9.84. The van der Waals surface area contributed by atoms with E-state index in [0.717, 1.165) is 10.9 Å². The first-order valence-electron chi connectivity index (χ1n) is 7.12. The number of thiocarbonyl (C=S) groups is 1. The van der Waals surface area contributed by atoms with Crippen LogP contribution >= 0.6 is 39.9 Å². The number of carbonyl (C=O) groups excluding carboxylic acids is 2. The zero-order chi connectivity index (χ0) is 17.0. The van der Waals surface area contributed by atoms with E-state index in [1.54, 1.807) is 17.0 Å². The maximum atomic E-state index is 12.6. The molecule has 0 atom stereocenters. The van der Waals surface area contributed by atoms with Gasteiger partial charge in [-0.2, -0.15) is 0 Å². The van der Waals surface area contributed by atoms with E-state index in [2.05, 4.69) is 15.9 Å². The number of thioether (sulfide) groups is 1. The van der Waals surface area contributed by atoms with Crippen LogP contribution in [-0.2, 0) is 4.79 Å². The van der Waals surface area contributed by atoms with Gasteiger partial charge < -0.3 is 4.90 Å². The second-order valence-corrected chi connectivity index (χ2v) is 7.78. The molecule has 1 aromatic carbocycles. The Morgan fingerprint density at radius 2 is 1.83 bits per heavy atom. The minimum absolute atomic E-state index is 0.0952. The summed E-state index contributed by atoms with van der Waals surface area (Å²) in [5.74, 6) is -0.00749. The Kier molecular flexibility index (Phi) is 6.43. The molecule has 0 N–H and O–H groups in total. The van der Waals surface area contributed by atoms with Crippen molar-refractivity contribution in [2.75, 3.05) is 32.9 Å². The van der Waals surface area contributed by atoms with Gasteiger partial charge in [0.15, 0.2) is 0 Å². The third-order valence-electron chi connectivity index (χ3n) is 3.33. The van der Waals surface area contributed by atoms with Crippen molar-refractivity contribution in [2.24, 2.45) is 0 Å². The Hall–Kier alpha value is -1.12. The van der Waals surface area contributed by atoms with Gasteiger partial charge >= 0.3 is 0 Å². The number of hydrogen-bond acceptors (Lipinski definition) is 4. The molecule has 8 heteroatoms. The molecule has 0 aromatic heterocycles. The molecule has 2 rings (SSSR count). The van der Waals surface area contributed by atoms with Crippen molar-refractivity contribution in [1.29, 1.82) is 0 Å². The quantitative estimate of drug-likeness (QED) is 0.709. The van der Waals surface area contributed by atoms with Gasteiger partial charge in [0.25, 0.3) is 11.8 Å². The Bertz CT molecular complexity index is 607. The first kappa shape index (κ1) is 18.2. The molecule has 0 aliphatic carbocycles. The van der Waals surface area contributed by atoms with E-state index in [-0.39, 0.29) is 17.6 Å². The van der Waals surface area contributed by atoms with Crippen LogP contribution in [-0.4, -0.2) is 64.0 Å². The van der Waals surface area contributed by atoms with Gasteiger partial charge in [-0.1, -0.05) is 39.9 Å². The largest absolute Gasteiger partial charge is 0.364 e. The zero-order valence-electron chi connectivity index (χ0n) is 13.0. The Morgan fingerprint density at radius 3 is 2.43 bits per heavy atom. The predicted molar refractivity (Wildman–Crippen MR) is 100 cm³/mol. The molecule has 5 nitrogen and oxygen atoms in total. The van der Waals surface area contributed by atoms with Crippen molar-refractivity contribution in [1.82, 2.24) is 14.9 Å². The van der Waals surface area contributed by atoms with Crippen LogP contribution in [0.1, 0.15) is 16.8 Å². The number of hydrogen-bond donors (Lipinski definition) is 0. The second-order valence-electron chi connectivity index (χ2n) is 5.25. The maximum absolute atomic E-state index is 12.6. The zero-order valence-corrected chi connectivity index (χ0v) is 16.2. The van der Waals surface area contributed by atoms with Crippen LogP contribution in [0.3, 0.4) is 0 Å². The van der Waals surface area contributed by atoms with Crippen molar-refractivity contribution in [3.63, 3.8) is 0 Å². The number of benzene rings is 1. The molecule has 1 saturated heterocycles. The molecule has 0 unspecified atom stereocenters. The van der Waals surface area contributed by atoms with Gasteiger partial charge in [0, 0.05) is 37.2 Å². The topological polar surface area (TPSA) is 43.9 Å². The van der Waals surface area contributed by atoms with Crippen LogP contribution < -0.4 is 0 Å². The molecule has 2 amide bonds. The van der Waals surface area contributed by atoms with Crippen LogP contribution in [0.5, 0.6) is 0 Å². The van der Waals surface area contributed by atoms with E-state index in [1.807, 2.05) is 26.2 Å². The minimum atomic E-state index is -0.150. The first-order valence-corrected chi connectivity index (χ1v) is 9.30. The summed E-state index contributed by atoms with van der Waals surface area (Å²) in [5, 5.41) is 3.07. The van der Waals surface area contributed by atoms with Gasteiger partial charge in [-0.25, -0.2) is 5.01 Å². The van der Waals surface area contributed by atoms with Crippen LogP contribution in [0.2, 0.25) is 0 Å². The van der Waals surface area contributed by atoms with E-state index in [1.165, 1.54) is 21.8 Å². The molecule has 0 spiro atoms. The molecule has 1 heterocycles. The number of nitrogens with zero attached hydrogens (tertiary/aromatic N) is 3. The van der Waals surface area contributed by atoms with Gasteiger partial charge in [-0.15, -0.1) is 0 Å². The summed E-state index contributed by atoms with van der Waals surface area (Å²) in [6.07, 6.45) is 0.788. The van der Waals surface area contributed by atoms with E-state index in [4.69, 9.17) is 12.2 Å². The van der Waals surface area contributed by atoms with Crippen LogP contribution in [0.25, 0.3) is 0 Å². The number of rotatable bonds is 3. The standard InChI is InChI=1S/C15H18BrN3O2S2/c1-17(2)15(22)23-10-13(20)18-8-3-9-19(18)14(21)11-4-6-12(16)7-5-11/h4-7H,3,8-10H2,1-2H3. The highest BCUT2D eigenvalue weighted by molar-refractivity contribution is 9.10. The summed E-state index contributed by atoms with van der Waals surface area (Å²) in [7, 11) is 3.69. The van der Waals surface area contributed by atoms with Crippen LogP contribution in [0.4, 0.5) is 0 Å². The number of carbonyl (C=O) groups is 2. The highest BCUT2D eigenvalue weighted by Gasteiger charge is 2.31. The van der Waals surface area contributed by atoms with Gasteiger partial charge in [0.05, 0.1) is 5.75 Å². The lowest BCUT2D eigenvalue weighted by Crippen LogP contribution is -2.45. The molecular formula is C15H18BrN3O2S2. The summed E-state index contributed by atoms with van der Waals surface area (Å²) in [4.78, 5) is 26.8. The molecule has 23 heavy (non-hydrogen) atoms. The fourth-order valence-electron chi connectivity index (χ4n) is 2.15. The minimum Gasteiger partial charge on any atom is -0.364 e. The molecule has 1 fully saturated rings. The van der Waals surface area contributed by atoms with Crippen LogP contribution in [0.15, 0.2) is 28.7 Å². The molecular weight excluding hydrogens is 398 g/mol. The molecule has 1 aliphatic rings. The van der Waals surface area contributed by atoms with E-state index in [9.17, 15) is 9.59 Å². The molecule has 0 radical (unpaired) electrons. The third kappa shape index (κ3) is 4.68. The van der Waals surface area contributed by atoms with E-state index in [0.29, 0.717) is 23.0 Å². The predicted octanol–water partition coefficient (Wildman–Crippen LogP) is 2.62. The monoisotopic (exact) mass is 415 g/mol. The molecule has 1 aliphatic heterocycles. The first-order chi connectivity index (χ1) is 10.9. The van der Waals surface area contributed by atoms with Gasteiger partial charge in [0.2, 0.25) is 0 Å². The average molecular weight is 416 g/mol. The summed E-state index contributed by atoms with van der Waals surface area (Å²) in [5.41, 5.74) is 0.573. The van der Waals surface area contributed by atoms with Crippen molar-refractivity contribution < 1.29 is 9.59 Å². The number of amides is 2. The van der Waals surface area contributed by atoms with Crippen molar-refractivity contribution in [2.45, 2.75) is 6.42 Å². The lowest BCUT2D eigenvalue weighted by Gasteiger charge is -2.28. The molecule has 1 aromatic rings. The Morgan fingerprint density at radius 1 is 1.22 bits per heavy atom. The van der Waals surface area contributed by atoms with Crippen molar-refractivity contribution in [3.05, 3.63) is 34.3 Å². The second kappa shape index (κ2) is 8.12. The van der Waals surface area contributed by atoms with E-state index >= 15 is 0 Å². The van der Waals surface area contributed by atoms with Crippen LogP contribution in [0, 0.1) is 0 Å². The summed E-state index contributed by atoms with van der Waals surface area (Å²) in [6, 6.07) is 7.15. The fraction of sp³-hybridized carbons (Fsp3) is 0.400. The van der Waals surface area contributed by atoms with Crippen molar-refractivity contribution >= 4 is 56.0 Å². The van der Waals surface area contributed by atoms with Gasteiger partial charge in [0.1, 0.15) is 4.32 Å². The lowest BCUT2D eigenvalue weighted by atomic mass is 10.2. The molecule has 124 valence electrons. The van der Waals surface area contributed by atoms with Crippen molar-refractivity contribution in [3.8, 4) is 0 Å². The molecule has 0 bridgehead atoms. The highest BCUT2D eigenvalue weighted by atomic mass is 79.9. The highest BCUT2D eigenvalue weighted by Crippen LogP contribution is 2.19. The summed E-state index contributed by atoms with van der Waals surface area (Å²) in [6.45, 7) is 1.12. The number of hydrazine groups is 1. The smallest absolute Gasteiger partial charge is 0.272 e. The molecule has 0 saturated carbocycles. The average Bonchev–Trinajstić information content (AvgIpc) is 3.01. The Balaban J connectivity index is 2.01. The maximum Gasteiger partial charge on any atom is 0.272 e. The van der Waals surface area contributed by atoms with E-state index < -0.39 is 0 Å². The normalized spacial score (nSPS) is 14.0. The number of halogens is 1. The third-order valence-corrected chi connectivity index (χ3v) is 5.58. The lowest BCUT2D eigenvalue weighted by molar-refractivity contribution is -0.137. The van der Waals surface area contributed by atoms with Gasteiger partial charge in [-0.05, 0) is 30.7 Å². The Labute approximate surface area is 154 Å². The summed E-state index contributed by atoms with van der Waals surface area (Å²) < 4.78 is 1.57. The SMILES string of the molecule is CN(C)C(=S)SCC(=O)N1CCCN1C(=O)c1ccc(Br)cc1. The van der Waals surface area contributed by atoms with Gasteiger partial charge in [-0.3, -0.25) is 14.6 Å².